The van der Waals surface area contributed by atoms with Crippen molar-refractivity contribution in [3.63, 3.8) is 0 Å². The number of carboxylic acids is 1. The minimum Gasteiger partial charge on any atom is -0.478 e. The summed E-state index contributed by atoms with van der Waals surface area (Å²) in [4.78, 5) is 23.5. The predicted molar refractivity (Wildman–Crippen MR) is 111 cm³/mol. The molecule has 0 aliphatic heterocycles. The molecule has 0 saturated heterocycles. The predicted octanol–water partition coefficient (Wildman–Crippen LogP) is 4.42. The second-order valence-electron chi connectivity index (χ2n) is 9.87. The van der Waals surface area contributed by atoms with Crippen LogP contribution in [0.15, 0.2) is 34.9 Å². The molecule has 1 unspecified atom stereocenters. The lowest BCUT2D eigenvalue weighted by Crippen LogP contribution is -2.61. The number of fused-ring (bicyclic) bond motifs is 3. The van der Waals surface area contributed by atoms with Crippen molar-refractivity contribution in [2.45, 2.75) is 78.9 Å². The number of allylic oxidation sites excluding steroid dienone is 4. The molecule has 2 saturated carbocycles. The summed E-state index contributed by atoms with van der Waals surface area (Å²) in [6.07, 6.45) is 7.97. The van der Waals surface area contributed by atoms with Crippen LogP contribution in [0.2, 0.25) is 0 Å². The number of esters is 1. The largest absolute Gasteiger partial charge is 0.478 e. The van der Waals surface area contributed by atoms with Crippen LogP contribution in [0.5, 0.6) is 0 Å². The molecule has 5 atom stereocenters. The van der Waals surface area contributed by atoms with E-state index in [1.165, 1.54) is 11.6 Å². The molecule has 0 aromatic rings. The Balaban J connectivity index is 1.89. The number of rotatable bonds is 3. The first-order valence-electron chi connectivity index (χ1n) is 10.6. The van der Waals surface area contributed by atoms with Gasteiger partial charge in [-0.2, -0.15) is 0 Å². The second kappa shape index (κ2) is 7.75. The number of carboxylic acid groups (broad SMARTS) is 1. The maximum absolute atomic E-state index is 12.4. The van der Waals surface area contributed by atoms with Gasteiger partial charge in [-0.1, -0.05) is 44.1 Å². The molecule has 0 bridgehead atoms. The molecule has 2 N–H and O–H groups in total. The van der Waals surface area contributed by atoms with E-state index in [-0.39, 0.29) is 22.7 Å². The molecule has 0 amide bonds. The molecular weight excluding hydrogens is 368 g/mol. The second-order valence-corrected chi connectivity index (χ2v) is 9.87. The molecule has 3 rings (SSSR count). The fourth-order valence-electron chi connectivity index (χ4n) is 6.28. The Labute approximate surface area is 173 Å². The molecule has 160 valence electrons. The number of aliphatic carboxylic acids is 1. The van der Waals surface area contributed by atoms with Gasteiger partial charge in [0.15, 0.2) is 0 Å². The van der Waals surface area contributed by atoms with Crippen molar-refractivity contribution < 1.29 is 24.5 Å². The van der Waals surface area contributed by atoms with Gasteiger partial charge in [0.2, 0.25) is 0 Å². The highest BCUT2D eigenvalue weighted by Crippen LogP contribution is 2.62. The zero-order chi connectivity index (χ0) is 21.6. The molecular formula is C24H34O5. The van der Waals surface area contributed by atoms with Crippen molar-refractivity contribution in [1.82, 2.24) is 0 Å². The smallest absolute Gasteiger partial charge is 0.333 e. The van der Waals surface area contributed by atoms with Crippen LogP contribution in [0.1, 0.15) is 66.7 Å². The van der Waals surface area contributed by atoms with E-state index in [0.717, 1.165) is 24.8 Å². The molecule has 0 spiro atoms. The number of hydrogen-bond acceptors (Lipinski definition) is 4. The maximum Gasteiger partial charge on any atom is 0.333 e. The number of carbonyl (C=O) groups excluding carboxylic acids is 1. The average Bonchev–Trinajstić information content (AvgIpc) is 2.63. The van der Waals surface area contributed by atoms with Crippen LogP contribution in [0, 0.1) is 22.7 Å². The van der Waals surface area contributed by atoms with Gasteiger partial charge in [-0.15, -0.1) is 0 Å². The summed E-state index contributed by atoms with van der Waals surface area (Å²) in [5.41, 5.74) is 2.38. The third kappa shape index (κ3) is 3.81. The Bertz CT molecular complexity index is 787. The van der Waals surface area contributed by atoms with Crippen molar-refractivity contribution >= 4 is 11.9 Å². The standard InChI is InChI=1S/C24H34O5/c1-6-14(2)22(28)29-21-18(25)13-24(5)17-9-7-15(12-20(26)27)11-16(17)8-10-19(24)23(21,3)4/h6,8,12,17-19,21,25H,7,9-11,13H2,1-5H3,(H,26,27)/b14-6-,15-12+/t17-,18+,19?,21+,24+/m0/s1. The van der Waals surface area contributed by atoms with E-state index in [0.29, 0.717) is 24.3 Å². The van der Waals surface area contributed by atoms with Gasteiger partial charge in [0, 0.05) is 17.1 Å². The summed E-state index contributed by atoms with van der Waals surface area (Å²) in [5.74, 6) is -0.633. The van der Waals surface area contributed by atoms with Crippen molar-refractivity contribution in [2.24, 2.45) is 22.7 Å². The van der Waals surface area contributed by atoms with E-state index in [1.807, 2.05) is 0 Å². The van der Waals surface area contributed by atoms with Gasteiger partial charge in [-0.25, -0.2) is 9.59 Å². The lowest BCUT2D eigenvalue weighted by Gasteiger charge is -2.61. The number of aliphatic hydroxyl groups is 1. The molecule has 0 radical (unpaired) electrons. The van der Waals surface area contributed by atoms with Crippen molar-refractivity contribution in [3.05, 3.63) is 34.9 Å². The van der Waals surface area contributed by atoms with Crippen LogP contribution in [-0.4, -0.2) is 34.4 Å². The SMILES string of the molecule is C/C=C(/C)C(=O)O[C@@H]1[C@H](O)C[C@@]2(C)C(CC=C3C/C(=C/C(=O)O)CC[C@@H]32)C1(C)C. The Kier molecular flexibility index (Phi) is 5.83. The van der Waals surface area contributed by atoms with Crippen LogP contribution in [0.25, 0.3) is 0 Å². The topological polar surface area (TPSA) is 83.8 Å². The number of ether oxygens (including phenoxy) is 1. The molecule has 3 aliphatic rings. The van der Waals surface area contributed by atoms with E-state index in [9.17, 15) is 14.7 Å². The summed E-state index contributed by atoms with van der Waals surface area (Å²) >= 11 is 0. The van der Waals surface area contributed by atoms with Crippen LogP contribution in [-0.2, 0) is 14.3 Å². The molecule has 5 heteroatoms. The third-order valence-corrected chi connectivity index (χ3v) is 7.79. The van der Waals surface area contributed by atoms with Gasteiger partial charge in [0.25, 0.3) is 0 Å². The first kappa shape index (κ1) is 21.8. The lowest BCUT2D eigenvalue weighted by atomic mass is 9.45. The highest BCUT2D eigenvalue weighted by Gasteiger charge is 2.60. The lowest BCUT2D eigenvalue weighted by molar-refractivity contribution is -0.199. The number of carbonyl (C=O) groups is 2. The van der Waals surface area contributed by atoms with Gasteiger partial charge in [0.05, 0.1) is 6.10 Å². The fraction of sp³-hybridized carbons (Fsp3) is 0.667. The van der Waals surface area contributed by atoms with E-state index in [1.54, 1.807) is 19.9 Å². The Hall–Kier alpha value is -1.88. The quantitative estimate of drug-likeness (QED) is 0.415. The van der Waals surface area contributed by atoms with Crippen molar-refractivity contribution in [3.8, 4) is 0 Å². The first-order valence-corrected chi connectivity index (χ1v) is 10.6. The summed E-state index contributed by atoms with van der Waals surface area (Å²) < 4.78 is 5.81. The minimum absolute atomic E-state index is 0.0969. The molecule has 0 heterocycles. The van der Waals surface area contributed by atoms with Crippen LogP contribution >= 0.6 is 0 Å². The van der Waals surface area contributed by atoms with Crippen molar-refractivity contribution in [1.29, 1.82) is 0 Å². The number of hydrogen-bond donors (Lipinski definition) is 2. The molecule has 2 fully saturated rings. The van der Waals surface area contributed by atoms with Gasteiger partial charge < -0.3 is 14.9 Å². The fourth-order valence-corrected chi connectivity index (χ4v) is 6.28. The minimum atomic E-state index is -0.880. The Morgan fingerprint density at radius 1 is 1.28 bits per heavy atom. The normalized spacial score (nSPS) is 37.9. The van der Waals surface area contributed by atoms with Crippen molar-refractivity contribution in [2.75, 3.05) is 0 Å². The highest BCUT2D eigenvalue weighted by atomic mass is 16.6. The Morgan fingerprint density at radius 3 is 2.59 bits per heavy atom. The van der Waals surface area contributed by atoms with Crippen LogP contribution < -0.4 is 0 Å². The average molecular weight is 403 g/mol. The number of aliphatic hydroxyl groups excluding tert-OH is 1. The van der Waals surface area contributed by atoms with Crippen LogP contribution in [0.3, 0.4) is 0 Å². The zero-order valence-corrected chi connectivity index (χ0v) is 18.2. The molecule has 0 aromatic carbocycles. The Morgan fingerprint density at radius 2 is 1.97 bits per heavy atom. The zero-order valence-electron chi connectivity index (χ0n) is 18.2. The highest BCUT2D eigenvalue weighted by molar-refractivity contribution is 5.87. The maximum atomic E-state index is 12.4. The summed E-state index contributed by atoms with van der Waals surface area (Å²) in [5, 5.41) is 20.2. The summed E-state index contributed by atoms with van der Waals surface area (Å²) in [7, 11) is 0. The summed E-state index contributed by atoms with van der Waals surface area (Å²) in [6.45, 7) is 10.0. The van der Waals surface area contributed by atoms with Gasteiger partial charge in [-0.05, 0) is 63.2 Å². The first-order chi connectivity index (χ1) is 13.5. The van der Waals surface area contributed by atoms with E-state index in [2.05, 4.69) is 26.8 Å². The van der Waals surface area contributed by atoms with E-state index >= 15 is 0 Å². The molecule has 0 aromatic heterocycles. The van der Waals surface area contributed by atoms with Gasteiger partial charge in [-0.3, -0.25) is 0 Å². The van der Waals surface area contributed by atoms with E-state index in [4.69, 9.17) is 9.84 Å². The summed E-state index contributed by atoms with van der Waals surface area (Å²) in [6, 6.07) is 0. The monoisotopic (exact) mass is 402 g/mol. The van der Waals surface area contributed by atoms with Gasteiger partial charge >= 0.3 is 11.9 Å². The molecule has 5 nitrogen and oxygen atoms in total. The molecule has 29 heavy (non-hydrogen) atoms. The molecule has 3 aliphatic carbocycles. The third-order valence-electron chi connectivity index (χ3n) is 7.79. The van der Waals surface area contributed by atoms with Crippen LogP contribution in [0.4, 0.5) is 0 Å². The van der Waals surface area contributed by atoms with E-state index < -0.39 is 18.2 Å². The van der Waals surface area contributed by atoms with Gasteiger partial charge in [0.1, 0.15) is 6.10 Å².